The minimum Gasteiger partial charge on any atom is -0.497 e. The molecule has 3 heteroatoms. The third kappa shape index (κ3) is 3.00. The van der Waals surface area contributed by atoms with E-state index in [2.05, 4.69) is 29.6 Å². The molecule has 1 saturated carbocycles. The van der Waals surface area contributed by atoms with Gasteiger partial charge in [0, 0.05) is 0 Å². The molecular formula is C23H27NO2. The summed E-state index contributed by atoms with van der Waals surface area (Å²) >= 11 is 0. The van der Waals surface area contributed by atoms with Gasteiger partial charge in [-0.3, -0.25) is 4.79 Å². The molecule has 136 valence electrons. The fourth-order valence-corrected chi connectivity index (χ4v) is 4.75. The Kier molecular flexibility index (Phi) is 4.71. The number of methoxy groups -OCH3 is 1. The third-order valence-electron chi connectivity index (χ3n) is 6.19. The summed E-state index contributed by atoms with van der Waals surface area (Å²) in [6.07, 6.45) is 7.32. The van der Waals surface area contributed by atoms with Crippen LogP contribution in [-0.2, 0) is 16.6 Å². The van der Waals surface area contributed by atoms with Gasteiger partial charge in [0.2, 0.25) is 5.91 Å². The zero-order valence-corrected chi connectivity index (χ0v) is 15.5. The summed E-state index contributed by atoms with van der Waals surface area (Å²) in [6, 6.07) is 16.7. The number of carbonyl (C=O) groups is 1. The van der Waals surface area contributed by atoms with E-state index < -0.39 is 0 Å². The second kappa shape index (κ2) is 7.14. The van der Waals surface area contributed by atoms with Gasteiger partial charge in [-0.25, -0.2) is 0 Å². The van der Waals surface area contributed by atoms with Gasteiger partial charge in [-0.15, -0.1) is 0 Å². The summed E-state index contributed by atoms with van der Waals surface area (Å²) in [6.45, 7) is 0. The summed E-state index contributed by atoms with van der Waals surface area (Å²) in [7, 11) is 1.70. The fourth-order valence-electron chi connectivity index (χ4n) is 4.75. The van der Waals surface area contributed by atoms with Crippen LogP contribution in [0.4, 0.5) is 0 Å². The molecule has 26 heavy (non-hydrogen) atoms. The van der Waals surface area contributed by atoms with Crippen molar-refractivity contribution >= 4 is 5.91 Å². The van der Waals surface area contributed by atoms with Crippen molar-refractivity contribution < 1.29 is 9.53 Å². The molecule has 3 nitrogen and oxygen atoms in total. The largest absolute Gasteiger partial charge is 0.497 e. The van der Waals surface area contributed by atoms with E-state index in [0.717, 1.165) is 50.7 Å². The Labute approximate surface area is 155 Å². The van der Waals surface area contributed by atoms with Crippen molar-refractivity contribution in [3.05, 3.63) is 65.2 Å². The Morgan fingerprint density at radius 2 is 1.85 bits per heavy atom. The maximum absolute atomic E-state index is 13.4. The quantitative estimate of drug-likeness (QED) is 0.869. The Balaban J connectivity index is 1.60. The zero-order chi connectivity index (χ0) is 18.0. The lowest BCUT2D eigenvalue weighted by Gasteiger charge is -2.33. The molecule has 1 fully saturated rings. The first-order valence-electron chi connectivity index (χ1n) is 9.76. The molecule has 1 amide bonds. The van der Waals surface area contributed by atoms with Crippen molar-refractivity contribution in [2.24, 2.45) is 0 Å². The van der Waals surface area contributed by atoms with E-state index in [1.54, 1.807) is 7.11 Å². The minimum atomic E-state index is -0.356. The van der Waals surface area contributed by atoms with Crippen LogP contribution in [0.3, 0.4) is 0 Å². The topological polar surface area (TPSA) is 38.3 Å². The Hall–Kier alpha value is -2.29. The van der Waals surface area contributed by atoms with Crippen molar-refractivity contribution in [1.29, 1.82) is 0 Å². The number of hydrogen-bond donors (Lipinski definition) is 1. The van der Waals surface area contributed by atoms with Gasteiger partial charge < -0.3 is 10.1 Å². The van der Waals surface area contributed by atoms with Crippen LogP contribution in [0.25, 0.3) is 0 Å². The highest BCUT2D eigenvalue weighted by Crippen LogP contribution is 2.42. The van der Waals surface area contributed by atoms with Crippen molar-refractivity contribution in [3.8, 4) is 5.75 Å². The Morgan fingerprint density at radius 1 is 1.08 bits per heavy atom. The average molecular weight is 349 g/mol. The standard InChI is InChI=1S/C23H27NO2/c1-26-19-12-13-20-17(16-19)8-7-11-21(20)24-22(25)23(14-5-6-15-23)18-9-3-2-4-10-18/h2-4,9-10,12-13,16,21H,5-8,11,14-15H2,1H3,(H,24,25)/t21-/m0/s1. The van der Waals surface area contributed by atoms with E-state index >= 15 is 0 Å². The van der Waals surface area contributed by atoms with E-state index in [9.17, 15) is 4.79 Å². The van der Waals surface area contributed by atoms with Crippen molar-refractivity contribution in [2.45, 2.75) is 56.4 Å². The maximum Gasteiger partial charge on any atom is 0.231 e. The van der Waals surface area contributed by atoms with Gasteiger partial charge in [-0.1, -0.05) is 49.2 Å². The molecule has 1 atom stereocenters. The molecule has 0 spiro atoms. The highest BCUT2D eigenvalue weighted by molar-refractivity contribution is 5.89. The monoisotopic (exact) mass is 349 g/mol. The molecule has 0 unspecified atom stereocenters. The smallest absolute Gasteiger partial charge is 0.231 e. The number of carbonyl (C=O) groups excluding carboxylic acids is 1. The number of amides is 1. The maximum atomic E-state index is 13.4. The van der Waals surface area contributed by atoms with Crippen LogP contribution >= 0.6 is 0 Å². The molecule has 1 N–H and O–H groups in total. The number of benzene rings is 2. The molecule has 0 saturated heterocycles. The average Bonchev–Trinajstić information content (AvgIpc) is 3.20. The Morgan fingerprint density at radius 3 is 2.58 bits per heavy atom. The van der Waals surface area contributed by atoms with Gasteiger partial charge in [0.05, 0.1) is 18.6 Å². The van der Waals surface area contributed by atoms with Crippen LogP contribution in [-0.4, -0.2) is 13.0 Å². The molecule has 2 aliphatic carbocycles. The van der Waals surface area contributed by atoms with Crippen LogP contribution in [0.2, 0.25) is 0 Å². The van der Waals surface area contributed by atoms with Crippen LogP contribution < -0.4 is 10.1 Å². The molecule has 2 aromatic rings. The zero-order valence-electron chi connectivity index (χ0n) is 15.5. The first-order valence-corrected chi connectivity index (χ1v) is 9.76. The highest BCUT2D eigenvalue weighted by atomic mass is 16.5. The summed E-state index contributed by atoms with van der Waals surface area (Å²) in [5.41, 5.74) is 3.37. The van der Waals surface area contributed by atoms with Crippen molar-refractivity contribution in [2.75, 3.05) is 7.11 Å². The van der Waals surface area contributed by atoms with Gasteiger partial charge in [-0.05, 0) is 60.9 Å². The number of fused-ring (bicyclic) bond motifs is 1. The SMILES string of the molecule is COc1ccc2c(c1)CCC[C@@H]2NC(=O)C1(c2ccccc2)CCCC1. The number of hydrogen-bond acceptors (Lipinski definition) is 2. The van der Waals surface area contributed by atoms with Gasteiger partial charge in [0.15, 0.2) is 0 Å². The lowest BCUT2D eigenvalue weighted by Crippen LogP contribution is -2.44. The first-order chi connectivity index (χ1) is 12.7. The van der Waals surface area contributed by atoms with Gasteiger partial charge in [0.1, 0.15) is 5.75 Å². The molecule has 2 aliphatic rings. The second-order valence-corrected chi connectivity index (χ2v) is 7.64. The number of rotatable bonds is 4. The summed E-state index contributed by atoms with van der Waals surface area (Å²) < 4.78 is 5.36. The predicted octanol–water partition coefficient (Wildman–Crippen LogP) is 4.70. The van der Waals surface area contributed by atoms with Gasteiger partial charge in [0.25, 0.3) is 0 Å². The van der Waals surface area contributed by atoms with Crippen molar-refractivity contribution in [1.82, 2.24) is 5.32 Å². The lowest BCUT2D eigenvalue weighted by molar-refractivity contribution is -0.127. The predicted molar refractivity (Wildman–Crippen MR) is 103 cm³/mol. The van der Waals surface area contributed by atoms with Crippen LogP contribution in [0.5, 0.6) is 5.75 Å². The molecule has 0 heterocycles. The number of aryl methyl sites for hydroxylation is 1. The summed E-state index contributed by atoms with van der Waals surface area (Å²) in [5, 5.41) is 3.41. The van der Waals surface area contributed by atoms with Gasteiger partial charge >= 0.3 is 0 Å². The molecule has 4 rings (SSSR count). The Bertz CT molecular complexity index is 778. The number of nitrogens with one attached hydrogen (secondary N) is 1. The third-order valence-corrected chi connectivity index (χ3v) is 6.19. The molecule has 0 aromatic heterocycles. The minimum absolute atomic E-state index is 0.110. The summed E-state index contributed by atoms with van der Waals surface area (Å²) in [5.74, 6) is 1.10. The van der Waals surface area contributed by atoms with E-state index in [1.807, 2.05) is 24.3 Å². The molecular weight excluding hydrogens is 322 g/mol. The lowest BCUT2D eigenvalue weighted by atomic mass is 9.77. The van der Waals surface area contributed by atoms with E-state index in [1.165, 1.54) is 16.7 Å². The fraction of sp³-hybridized carbons (Fsp3) is 0.435. The number of ether oxygens (including phenoxy) is 1. The normalized spacial score (nSPS) is 21.0. The van der Waals surface area contributed by atoms with E-state index in [4.69, 9.17) is 4.74 Å². The molecule has 0 bridgehead atoms. The molecule has 2 aromatic carbocycles. The summed E-state index contributed by atoms with van der Waals surface area (Å²) in [4.78, 5) is 13.4. The van der Waals surface area contributed by atoms with E-state index in [-0.39, 0.29) is 17.4 Å². The van der Waals surface area contributed by atoms with Crippen molar-refractivity contribution in [3.63, 3.8) is 0 Å². The van der Waals surface area contributed by atoms with E-state index in [0.29, 0.717) is 0 Å². The first kappa shape index (κ1) is 17.1. The molecule has 0 radical (unpaired) electrons. The van der Waals surface area contributed by atoms with Gasteiger partial charge in [-0.2, -0.15) is 0 Å². The highest BCUT2D eigenvalue weighted by Gasteiger charge is 2.43. The molecule has 0 aliphatic heterocycles. The van der Waals surface area contributed by atoms with Crippen LogP contribution in [0.1, 0.15) is 61.3 Å². The van der Waals surface area contributed by atoms with Crippen LogP contribution in [0.15, 0.2) is 48.5 Å². The second-order valence-electron chi connectivity index (χ2n) is 7.64. The van der Waals surface area contributed by atoms with Crippen LogP contribution in [0, 0.1) is 0 Å².